The Morgan fingerprint density at radius 3 is 2.84 bits per heavy atom. The third-order valence-corrected chi connectivity index (χ3v) is 2.74. The molecule has 0 fully saturated rings. The number of fused-ring (bicyclic) bond motifs is 1. The molecule has 0 aliphatic rings. The number of rotatable bonds is 2. The predicted octanol–water partition coefficient (Wildman–Crippen LogP) is 4.20. The van der Waals surface area contributed by atoms with E-state index in [1.807, 2.05) is 35.7 Å². The average molecular weight is 254 g/mol. The molecule has 4 nitrogen and oxygen atoms in total. The van der Waals surface area contributed by atoms with Crippen molar-refractivity contribution in [2.45, 2.75) is 6.92 Å². The van der Waals surface area contributed by atoms with E-state index in [-0.39, 0.29) is 5.82 Å². The Labute approximate surface area is 109 Å². The van der Waals surface area contributed by atoms with Gasteiger partial charge in [-0.2, -0.15) is 0 Å². The molecule has 1 aromatic carbocycles. The van der Waals surface area contributed by atoms with E-state index in [1.54, 1.807) is 12.1 Å². The third kappa shape index (κ3) is 2.22. The van der Waals surface area contributed by atoms with Crippen molar-refractivity contribution in [3.05, 3.63) is 60.2 Å². The highest BCUT2D eigenvalue weighted by atomic mass is 19.1. The van der Waals surface area contributed by atoms with Gasteiger partial charge in [0.1, 0.15) is 11.5 Å². The number of hydrogen-bond acceptors (Lipinski definition) is 3. The first-order valence-electron chi connectivity index (χ1n) is 5.85. The first-order valence-corrected chi connectivity index (χ1v) is 5.85. The Bertz CT molecular complexity index is 761. The van der Waals surface area contributed by atoms with Gasteiger partial charge >= 0.3 is 0 Å². The molecule has 3 aromatic rings. The molecule has 0 atom stereocenters. The van der Waals surface area contributed by atoms with Crippen LogP contribution in [0.25, 0.3) is 5.65 Å². The fourth-order valence-corrected chi connectivity index (χ4v) is 1.86. The van der Waals surface area contributed by atoms with Gasteiger partial charge in [0.05, 0.1) is 11.4 Å². The largest absolute Gasteiger partial charge is 0.283 e. The molecule has 0 bridgehead atoms. The molecule has 94 valence electrons. The zero-order valence-corrected chi connectivity index (χ0v) is 10.3. The van der Waals surface area contributed by atoms with Crippen molar-refractivity contribution < 1.29 is 4.39 Å². The normalized spacial score (nSPS) is 11.5. The zero-order chi connectivity index (χ0) is 13.2. The standard InChI is InChI=1S/C14H11FN4/c1-10-14(19-8-3-2-7-13(19)16-10)18-17-12-6-4-5-11(15)9-12/h2-9H,1H3. The molecule has 0 spiro atoms. The van der Waals surface area contributed by atoms with E-state index in [2.05, 4.69) is 15.2 Å². The molecule has 2 heterocycles. The second-order valence-electron chi connectivity index (χ2n) is 4.13. The second-order valence-corrected chi connectivity index (χ2v) is 4.13. The maximum Gasteiger partial charge on any atom is 0.182 e. The van der Waals surface area contributed by atoms with Gasteiger partial charge < -0.3 is 0 Å². The van der Waals surface area contributed by atoms with Crippen molar-refractivity contribution in [3.63, 3.8) is 0 Å². The van der Waals surface area contributed by atoms with Crippen molar-refractivity contribution in [3.8, 4) is 0 Å². The van der Waals surface area contributed by atoms with Crippen molar-refractivity contribution in [1.82, 2.24) is 9.38 Å². The molecule has 3 rings (SSSR count). The van der Waals surface area contributed by atoms with E-state index in [1.165, 1.54) is 12.1 Å². The lowest BCUT2D eigenvalue weighted by atomic mass is 10.3. The molecule has 2 aromatic heterocycles. The number of nitrogens with zero attached hydrogens (tertiary/aromatic N) is 4. The topological polar surface area (TPSA) is 42.0 Å². The average Bonchev–Trinajstić information content (AvgIpc) is 2.72. The van der Waals surface area contributed by atoms with Crippen LogP contribution in [-0.2, 0) is 0 Å². The summed E-state index contributed by atoms with van der Waals surface area (Å²) in [6, 6.07) is 11.7. The van der Waals surface area contributed by atoms with Crippen molar-refractivity contribution in [2.24, 2.45) is 10.2 Å². The van der Waals surface area contributed by atoms with Gasteiger partial charge in [-0.15, -0.1) is 10.2 Å². The zero-order valence-electron chi connectivity index (χ0n) is 10.3. The first kappa shape index (κ1) is 11.5. The summed E-state index contributed by atoms with van der Waals surface area (Å²) in [6.45, 7) is 1.87. The van der Waals surface area contributed by atoms with Crippen molar-refractivity contribution in [1.29, 1.82) is 0 Å². The van der Waals surface area contributed by atoms with Gasteiger partial charge in [-0.05, 0) is 31.2 Å². The lowest BCUT2D eigenvalue weighted by Crippen LogP contribution is -1.80. The van der Waals surface area contributed by atoms with Gasteiger partial charge in [0, 0.05) is 12.3 Å². The smallest absolute Gasteiger partial charge is 0.182 e. The van der Waals surface area contributed by atoms with Gasteiger partial charge in [-0.25, -0.2) is 9.37 Å². The molecule has 0 saturated heterocycles. The van der Waals surface area contributed by atoms with Gasteiger partial charge in [0.15, 0.2) is 5.82 Å². The number of benzene rings is 1. The van der Waals surface area contributed by atoms with Crippen LogP contribution in [0.4, 0.5) is 15.9 Å². The predicted molar refractivity (Wildman–Crippen MR) is 70.5 cm³/mol. The lowest BCUT2D eigenvalue weighted by Gasteiger charge is -1.95. The number of halogens is 1. The quantitative estimate of drug-likeness (QED) is 0.632. The highest BCUT2D eigenvalue weighted by molar-refractivity contribution is 5.51. The van der Waals surface area contributed by atoms with Crippen LogP contribution in [0.1, 0.15) is 5.69 Å². The molecular formula is C14H11FN4. The molecule has 0 aliphatic heterocycles. The SMILES string of the molecule is Cc1nc2ccccn2c1N=Nc1cccc(F)c1. The van der Waals surface area contributed by atoms with Crippen LogP contribution in [-0.4, -0.2) is 9.38 Å². The molecule has 0 saturated carbocycles. The van der Waals surface area contributed by atoms with Crippen LogP contribution in [0, 0.1) is 12.7 Å². The van der Waals surface area contributed by atoms with Gasteiger partial charge in [-0.3, -0.25) is 4.40 Å². The Morgan fingerprint density at radius 1 is 1.11 bits per heavy atom. The number of pyridine rings is 1. The number of imidazole rings is 1. The first-order chi connectivity index (χ1) is 9.24. The summed E-state index contributed by atoms with van der Waals surface area (Å²) in [5.74, 6) is 0.325. The molecule has 19 heavy (non-hydrogen) atoms. The monoisotopic (exact) mass is 254 g/mol. The molecule has 0 unspecified atom stereocenters. The fourth-order valence-electron chi connectivity index (χ4n) is 1.86. The summed E-state index contributed by atoms with van der Waals surface area (Å²) >= 11 is 0. The second kappa shape index (κ2) is 4.61. The van der Waals surface area contributed by atoms with Gasteiger partial charge in [0.2, 0.25) is 0 Å². The number of hydrogen-bond donors (Lipinski definition) is 0. The van der Waals surface area contributed by atoms with Crippen molar-refractivity contribution in [2.75, 3.05) is 0 Å². The third-order valence-electron chi connectivity index (χ3n) is 2.74. The van der Waals surface area contributed by atoms with Crippen LogP contribution in [0.15, 0.2) is 58.9 Å². The summed E-state index contributed by atoms with van der Waals surface area (Å²) in [4.78, 5) is 4.38. The Balaban J connectivity index is 2.03. The summed E-state index contributed by atoms with van der Waals surface area (Å²) in [5.41, 5.74) is 2.07. The van der Waals surface area contributed by atoms with Crippen LogP contribution in [0.2, 0.25) is 0 Å². The van der Waals surface area contributed by atoms with E-state index in [0.29, 0.717) is 11.5 Å². The number of aryl methyl sites for hydroxylation is 1. The fraction of sp³-hybridized carbons (Fsp3) is 0.0714. The summed E-state index contributed by atoms with van der Waals surface area (Å²) < 4.78 is 14.9. The van der Waals surface area contributed by atoms with Crippen molar-refractivity contribution >= 4 is 17.2 Å². The van der Waals surface area contributed by atoms with Gasteiger partial charge in [-0.1, -0.05) is 12.1 Å². The minimum Gasteiger partial charge on any atom is -0.283 e. The van der Waals surface area contributed by atoms with E-state index >= 15 is 0 Å². The number of aromatic nitrogens is 2. The van der Waals surface area contributed by atoms with E-state index < -0.39 is 0 Å². The molecule has 0 amide bonds. The molecule has 5 heteroatoms. The number of azo groups is 1. The van der Waals surface area contributed by atoms with E-state index in [4.69, 9.17) is 0 Å². The molecule has 0 N–H and O–H groups in total. The summed E-state index contributed by atoms with van der Waals surface area (Å²) in [6.07, 6.45) is 1.87. The Morgan fingerprint density at radius 2 is 2.00 bits per heavy atom. The highest BCUT2D eigenvalue weighted by Gasteiger charge is 2.06. The minimum atomic E-state index is -0.327. The molecular weight excluding hydrogens is 243 g/mol. The molecule has 0 radical (unpaired) electrons. The van der Waals surface area contributed by atoms with E-state index in [9.17, 15) is 4.39 Å². The maximum absolute atomic E-state index is 13.0. The Hall–Kier alpha value is -2.56. The molecule has 0 aliphatic carbocycles. The van der Waals surface area contributed by atoms with Gasteiger partial charge in [0.25, 0.3) is 0 Å². The summed E-state index contributed by atoms with van der Waals surface area (Å²) in [5, 5.41) is 8.21. The highest BCUT2D eigenvalue weighted by Crippen LogP contribution is 2.23. The van der Waals surface area contributed by atoms with Crippen LogP contribution >= 0.6 is 0 Å². The van der Waals surface area contributed by atoms with E-state index in [0.717, 1.165) is 11.3 Å². The van der Waals surface area contributed by atoms with Crippen LogP contribution < -0.4 is 0 Å². The van der Waals surface area contributed by atoms with Crippen LogP contribution in [0.5, 0.6) is 0 Å². The maximum atomic E-state index is 13.0. The minimum absolute atomic E-state index is 0.327. The Kier molecular flexibility index (Phi) is 2.79. The lowest BCUT2D eigenvalue weighted by molar-refractivity contribution is 0.628. The van der Waals surface area contributed by atoms with Crippen LogP contribution in [0.3, 0.4) is 0 Å². The summed E-state index contributed by atoms with van der Waals surface area (Å²) in [7, 11) is 0.